The van der Waals surface area contributed by atoms with E-state index in [1.54, 1.807) is 12.1 Å². The minimum atomic E-state index is -3.45. The van der Waals surface area contributed by atoms with Gasteiger partial charge in [-0.3, -0.25) is 0 Å². The van der Waals surface area contributed by atoms with Crippen LogP contribution in [0.15, 0.2) is 47.4 Å². The number of hydrogen-bond donors (Lipinski definition) is 2. The Morgan fingerprint density at radius 2 is 1.95 bits per heavy atom. The van der Waals surface area contributed by atoms with Crippen LogP contribution in [-0.4, -0.2) is 28.1 Å². The molecule has 0 spiro atoms. The van der Waals surface area contributed by atoms with Crippen LogP contribution >= 0.6 is 0 Å². The molecule has 1 fully saturated rings. The van der Waals surface area contributed by atoms with Gasteiger partial charge in [0.15, 0.2) is 0 Å². The Labute approximate surface area is 119 Å². The Hall–Kier alpha value is -1.43. The van der Waals surface area contributed by atoms with Crippen LogP contribution in [0.3, 0.4) is 0 Å². The van der Waals surface area contributed by atoms with Crippen molar-refractivity contribution in [1.82, 2.24) is 10.0 Å². The topological polar surface area (TPSA) is 58.2 Å². The largest absolute Gasteiger partial charge is 0.316 e. The smallest absolute Gasteiger partial charge is 0.241 e. The van der Waals surface area contributed by atoms with E-state index >= 15 is 0 Å². The number of sulfonamides is 1. The van der Waals surface area contributed by atoms with Crippen molar-refractivity contribution in [3.05, 3.63) is 42.5 Å². The van der Waals surface area contributed by atoms with Gasteiger partial charge in [-0.15, -0.1) is 0 Å². The molecule has 2 aromatic carbocycles. The lowest BCUT2D eigenvalue weighted by Crippen LogP contribution is -2.30. The average Bonchev–Trinajstić information content (AvgIpc) is 2.98. The molecule has 20 heavy (non-hydrogen) atoms. The summed E-state index contributed by atoms with van der Waals surface area (Å²) in [4.78, 5) is 0.363. The van der Waals surface area contributed by atoms with Gasteiger partial charge < -0.3 is 5.32 Å². The van der Waals surface area contributed by atoms with Gasteiger partial charge in [0, 0.05) is 11.9 Å². The zero-order valence-corrected chi connectivity index (χ0v) is 12.0. The fourth-order valence-corrected chi connectivity index (χ4v) is 3.97. The standard InChI is InChI=1S/C15H18N2O2S/c18-20(19,17-11-12-8-9-16-10-12)15-7-3-5-13-4-1-2-6-14(13)15/h1-7,12,16-17H,8-11H2. The quantitative estimate of drug-likeness (QED) is 0.901. The molecular formula is C15H18N2O2S. The van der Waals surface area contributed by atoms with E-state index in [0.717, 1.165) is 30.3 Å². The van der Waals surface area contributed by atoms with Crippen LogP contribution in [0.1, 0.15) is 6.42 Å². The van der Waals surface area contributed by atoms with Gasteiger partial charge in [-0.25, -0.2) is 13.1 Å². The van der Waals surface area contributed by atoms with Crippen molar-refractivity contribution in [3.63, 3.8) is 0 Å². The summed E-state index contributed by atoms with van der Waals surface area (Å²) >= 11 is 0. The summed E-state index contributed by atoms with van der Waals surface area (Å²) in [6, 6.07) is 12.9. The van der Waals surface area contributed by atoms with Crippen LogP contribution in [0.4, 0.5) is 0 Å². The molecule has 106 valence electrons. The first-order valence-electron chi connectivity index (χ1n) is 6.85. The molecule has 0 bridgehead atoms. The third-order valence-electron chi connectivity index (χ3n) is 3.76. The molecule has 1 saturated heterocycles. The maximum atomic E-state index is 12.5. The maximum absolute atomic E-state index is 12.5. The molecule has 0 aliphatic carbocycles. The average molecular weight is 290 g/mol. The number of rotatable bonds is 4. The molecule has 1 atom stereocenters. The maximum Gasteiger partial charge on any atom is 0.241 e. The van der Waals surface area contributed by atoms with Gasteiger partial charge in [0.25, 0.3) is 0 Å². The highest BCUT2D eigenvalue weighted by Crippen LogP contribution is 2.22. The fourth-order valence-electron chi connectivity index (χ4n) is 2.62. The van der Waals surface area contributed by atoms with Gasteiger partial charge in [-0.2, -0.15) is 0 Å². The SMILES string of the molecule is O=S(=O)(NCC1CCNC1)c1cccc2ccccc12. The molecule has 3 rings (SSSR count). The zero-order valence-electron chi connectivity index (χ0n) is 11.2. The number of nitrogens with one attached hydrogen (secondary N) is 2. The van der Waals surface area contributed by atoms with Gasteiger partial charge in [-0.1, -0.05) is 36.4 Å². The highest BCUT2D eigenvalue weighted by Gasteiger charge is 2.20. The summed E-state index contributed by atoms with van der Waals surface area (Å²) in [5.74, 6) is 0.389. The molecule has 1 heterocycles. The van der Waals surface area contributed by atoms with E-state index in [0.29, 0.717) is 17.4 Å². The first-order chi connectivity index (χ1) is 9.67. The third kappa shape index (κ3) is 2.70. The lowest BCUT2D eigenvalue weighted by molar-refractivity contribution is 0.539. The minimum absolute atomic E-state index is 0.363. The summed E-state index contributed by atoms with van der Waals surface area (Å²) in [5.41, 5.74) is 0. The van der Waals surface area contributed by atoms with Crippen molar-refractivity contribution in [2.75, 3.05) is 19.6 Å². The lowest BCUT2D eigenvalue weighted by Gasteiger charge is -2.12. The van der Waals surface area contributed by atoms with Gasteiger partial charge in [0.2, 0.25) is 10.0 Å². The minimum Gasteiger partial charge on any atom is -0.316 e. The summed E-state index contributed by atoms with van der Waals surface area (Å²) in [5, 5.41) is 4.96. The predicted molar refractivity (Wildman–Crippen MR) is 80.1 cm³/mol. The van der Waals surface area contributed by atoms with E-state index in [1.165, 1.54) is 0 Å². The molecule has 2 aromatic rings. The van der Waals surface area contributed by atoms with Gasteiger partial charge in [0.1, 0.15) is 0 Å². The van der Waals surface area contributed by atoms with Gasteiger partial charge >= 0.3 is 0 Å². The van der Waals surface area contributed by atoms with E-state index in [-0.39, 0.29) is 0 Å². The van der Waals surface area contributed by atoms with E-state index in [4.69, 9.17) is 0 Å². The Balaban J connectivity index is 1.88. The van der Waals surface area contributed by atoms with Gasteiger partial charge in [0.05, 0.1) is 4.90 Å². The molecule has 1 unspecified atom stereocenters. The van der Waals surface area contributed by atoms with Crippen LogP contribution in [0.25, 0.3) is 10.8 Å². The molecule has 0 saturated carbocycles. The van der Waals surface area contributed by atoms with Crippen LogP contribution < -0.4 is 10.0 Å². The molecule has 1 aliphatic rings. The first-order valence-corrected chi connectivity index (χ1v) is 8.33. The van der Waals surface area contributed by atoms with E-state index in [2.05, 4.69) is 10.0 Å². The summed E-state index contributed by atoms with van der Waals surface area (Å²) in [6.07, 6.45) is 1.03. The third-order valence-corrected chi connectivity index (χ3v) is 5.25. The van der Waals surface area contributed by atoms with Crippen molar-refractivity contribution in [2.24, 2.45) is 5.92 Å². The van der Waals surface area contributed by atoms with Crippen LogP contribution in [0.5, 0.6) is 0 Å². The molecule has 0 amide bonds. The number of hydrogen-bond acceptors (Lipinski definition) is 3. The Kier molecular flexibility index (Phi) is 3.74. The van der Waals surface area contributed by atoms with Crippen molar-refractivity contribution in [2.45, 2.75) is 11.3 Å². The summed E-state index contributed by atoms with van der Waals surface area (Å²) < 4.78 is 27.7. The van der Waals surface area contributed by atoms with Crippen molar-refractivity contribution >= 4 is 20.8 Å². The lowest BCUT2D eigenvalue weighted by atomic mass is 10.1. The second-order valence-electron chi connectivity index (χ2n) is 5.19. The zero-order chi connectivity index (χ0) is 14.0. The Morgan fingerprint density at radius 3 is 2.75 bits per heavy atom. The van der Waals surface area contributed by atoms with E-state index in [9.17, 15) is 8.42 Å². The van der Waals surface area contributed by atoms with Crippen molar-refractivity contribution < 1.29 is 8.42 Å². The molecular weight excluding hydrogens is 272 g/mol. The number of benzene rings is 2. The van der Waals surface area contributed by atoms with Crippen molar-refractivity contribution in [1.29, 1.82) is 0 Å². The van der Waals surface area contributed by atoms with Gasteiger partial charge in [-0.05, 0) is 36.9 Å². The normalized spacial score (nSPS) is 19.5. The molecule has 0 radical (unpaired) electrons. The monoisotopic (exact) mass is 290 g/mol. The molecule has 4 nitrogen and oxygen atoms in total. The van der Waals surface area contributed by atoms with Crippen LogP contribution in [0.2, 0.25) is 0 Å². The Morgan fingerprint density at radius 1 is 1.15 bits per heavy atom. The van der Waals surface area contributed by atoms with Crippen molar-refractivity contribution in [3.8, 4) is 0 Å². The molecule has 0 aromatic heterocycles. The fraction of sp³-hybridized carbons (Fsp3) is 0.333. The van der Waals surface area contributed by atoms with E-state index < -0.39 is 10.0 Å². The summed E-state index contributed by atoms with van der Waals surface area (Å²) in [7, 11) is -3.45. The molecule has 5 heteroatoms. The molecule has 1 aliphatic heterocycles. The second-order valence-corrected chi connectivity index (χ2v) is 6.92. The first kappa shape index (κ1) is 13.5. The highest BCUT2D eigenvalue weighted by molar-refractivity contribution is 7.89. The molecule has 2 N–H and O–H groups in total. The Bertz CT molecular complexity index is 701. The number of fused-ring (bicyclic) bond motifs is 1. The van der Waals surface area contributed by atoms with E-state index in [1.807, 2.05) is 30.3 Å². The van der Waals surface area contributed by atoms with Crippen LogP contribution in [-0.2, 0) is 10.0 Å². The summed E-state index contributed by atoms with van der Waals surface area (Å²) in [6.45, 7) is 2.36. The predicted octanol–water partition coefficient (Wildman–Crippen LogP) is 1.73. The van der Waals surface area contributed by atoms with Crippen LogP contribution in [0, 0.1) is 5.92 Å². The highest BCUT2D eigenvalue weighted by atomic mass is 32.2. The second kappa shape index (κ2) is 5.52.